The first-order chi connectivity index (χ1) is 13.4. The van der Waals surface area contributed by atoms with Crippen LogP contribution in [0.4, 0.5) is 0 Å². The number of nitrogens with zero attached hydrogens (tertiary/aromatic N) is 1. The molecule has 0 aliphatic rings. The summed E-state index contributed by atoms with van der Waals surface area (Å²) >= 11 is 1.60. The second kappa shape index (κ2) is 8.61. The number of carbonyl (C=O) groups is 1. The van der Waals surface area contributed by atoms with E-state index < -0.39 is 11.4 Å². The zero-order chi connectivity index (χ0) is 20.1. The standard InChI is InChI=1S/C22H25NO4S/c1-4-22(3,21(24)25)14-16-7-9-17(10-8-16)26-12-11-18-15(2)27-20(23-18)19-6-5-13-28-19/h5-10,13H,4,11-12,14H2,1-3H3,(H,24,25). The molecule has 0 saturated heterocycles. The number of aryl methyl sites for hydroxylation is 1. The molecule has 28 heavy (non-hydrogen) atoms. The number of thiophene rings is 1. The molecular formula is C22H25NO4S. The van der Waals surface area contributed by atoms with E-state index in [-0.39, 0.29) is 0 Å². The van der Waals surface area contributed by atoms with Gasteiger partial charge in [-0.1, -0.05) is 25.1 Å². The molecule has 0 saturated carbocycles. The van der Waals surface area contributed by atoms with Crippen molar-refractivity contribution in [3.05, 3.63) is 58.8 Å². The molecule has 0 spiro atoms. The number of carboxylic acid groups (broad SMARTS) is 1. The van der Waals surface area contributed by atoms with Gasteiger partial charge >= 0.3 is 5.97 Å². The number of ether oxygens (including phenoxy) is 1. The average Bonchev–Trinajstić information content (AvgIpc) is 3.33. The summed E-state index contributed by atoms with van der Waals surface area (Å²) in [5.74, 6) is 1.47. The highest BCUT2D eigenvalue weighted by Crippen LogP contribution is 2.28. The van der Waals surface area contributed by atoms with Crippen LogP contribution in [-0.4, -0.2) is 22.7 Å². The Kier molecular flexibility index (Phi) is 6.19. The number of hydrogen-bond acceptors (Lipinski definition) is 5. The summed E-state index contributed by atoms with van der Waals surface area (Å²) in [7, 11) is 0. The molecule has 6 heteroatoms. The first-order valence-electron chi connectivity index (χ1n) is 9.36. The van der Waals surface area contributed by atoms with Crippen molar-refractivity contribution in [3.63, 3.8) is 0 Å². The number of hydrogen-bond donors (Lipinski definition) is 1. The summed E-state index contributed by atoms with van der Waals surface area (Å²) in [5.41, 5.74) is 1.15. The van der Waals surface area contributed by atoms with E-state index in [0.29, 0.717) is 31.8 Å². The molecule has 1 unspecified atom stereocenters. The van der Waals surface area contributed by atoms with E-state index in [1.165, 1.54) is 0 Å². The van der Waals surface area contributed by atoms with Gasteiger partial charge in [0, 0.05) is 6.42 Å². The molecule has 0 radical (unpaired) electrons. The SMILES string of the molecule is CCC(C)(Cc1ccc(OCCc2nc(-c3cccs3)oc2C)cc1)C(=O)O. The molecule has 0 amide bonds. The highest BCUT2D eigenvalue weighted by Gasteiger charge is 2.31. The van der Waals surface area contributed by atoms with Gasteiger partial charge in [0.05, 0.1) is 22.6 Å². The summed E-state index contributed by atoms with van der Waals surface area (Å²) in [4.78, 5) is 17.1. The number of oxazole rings is 1. The van der Waals surface area contributed by atoms with Gasteiger partial charge < -0.3 is 14.3 Å². The van der Waals surface area contributed by atoms with Gasteiger partial charge in [-0.3, -0.25) is 4.79 Å². The van der Waals surface area contributed by atoms with E-state index in [1.54, 1.807) is 18.3 Å². The van der Waals surface area contributed by atoms with Gasteiger partial charge in [-0.05, 0) is 55.8 Å². The van der Waals surface area contributed by atoms with Gasteiger partial charge in [0.25, 0.3) is 0 Å². The third-order valence-electron chi connectivity index (χ3n) is 5.05. The summed E-state index contributed by atoms with van der Waals surface area (Å²) < 4.78 is 11.6. The van der Waals surface area contributed by atoms with Crippen LogP contribution in [0.1, 0.15) is 37.3 Å². The molecule has 0 bridgehead atoms. The van der Waals surface area contributed by atoms with Crippen LogP contribution < -0.4 is 4.74 Å². The van der Waals surface area contributed by atoms with Crippen molar-refractivity contribution in [1.29, 1.82) is 0 Å². The monoisotopic (exact) mass is 399 g/mol. The number of aliphatic carboxylic acids is 1. The summed E-state index contributed by atoms with van der Waals surface area (Å²) in [6.45, 7) is 6.10. The van der Waals surface area contributed by atoms with Crippen LogP contribution in [0, 0.1) is 12.3 Å². The second-order valence-electron chi connectivity index (χ2n) is 7.14. The number of carboxylic acids is 1. The predicted molar refractivity (Wildman–Crippen MR) is 110 cm³/mol. The van der Waals surface area contributed by atoms with E-state index in [1.807, 2.05) is 55.6 Å². The quantitative estimate of drug-likeness (QED) is 0.523. The molecule has 5 nitrogen and oxygen atoms in total. The summed E-state index contributed by atoms with van der Waals surface area (Å²) in [5, 5.41) is 11.4. The van der Waals surface area contributed by atoms with Crippen molar-refractivity contribution >= 4 is 17.3 Å². The molecule has 2 heterocycles. The van der Waals surface area contributed by atoms with Crippen LogP contribution in [0.25, 0.3) is 10.8 Å². The fourth-order valence-corrected chi connectivity index (χ4v) is 3.59. The lowest BCUT2D eigenvalue weighted by atomic mass is 9.81. The fraction of sp³-hybridized carbons (Fsp3) is 0.364. The molecular weight excluding hydrogens is 374 g/mol. The Balaban J connectivity index is 1.55. The molecule has 0 fully saturated rings. The maximum Gasteiger partial charge on any atom is 0.309 e. The van der Waals surface area contributed by atoms with Crippen LogP contribution in [0.5, 0.6) is 5.75 Å². The van der Waals surface area contributed by atoms with Gasteiger partial charge in [0.1, 0.15) is 11.5 Å². The Hall–Kier alpha value is -2.60. The zero-order valence-electron chi connectivity index (χ0n) is 16.4. The number of aromatic nitrogens is 1. The van der Waals surface area contributed by atoms with Crippen molar-refractivity contribution in [3.8, 4) is 16.5 Å². The van der Waals surface area contributed by atoms with Crippen molar-refractivity contribution in [2.24, 2.45) is 5.41 Å². The molecule has 3 rings (SSSR count). The van der Waals surface area contributed by atoms with E-state index >= 15 is 0 Å². The minimum atomic E-state index is -0.764. The lowest BCUT2D eigenvalue weighted by Gasteiger charge is -2.23. The normalized spacial score (nSPS) is 13.2. The minimum Gasteiger partial charge on any atom is -0.493 e. The molecule has 0 aliphatic heterocycles. The van der Waals surface area contributed by atoms with Gasteiger partial charge in [0.15, 0.2) is 0 Å². The van der Waals surface area contributed by atoms with E-state index in [2.05, 4.69) is 4.98 Å². The second-order valence-corrected chi connectivity index (χ2v) is 8.09. The molecule has 1 aromatic carbocycles. The van der Waals surface area contributed by atoms with E-state index in [9.17, 15) is 9.90 Å². The van der Waals surface area contributed by atoms with Gasteiger partial charge in [-0.15, -0.1) is 11.3 Å². The maximum atomic E-state index is 11.5. The number of benzene rings is 1. The first-order valence-corrected chi connectivity index (χ1v) is 10.2. The summed E-state index contributed by atoms with van der Waals surface area (Å²) in [6, 6.07) is 11.6. The van der Waals surface area contributed by atoms with Crippen molar-refractivity contribution in [2.45, 2.75) is 40.0 Å². The molecule has 148 valence electrons. The fourth-order valence-electron chi connectivity index (χ4n) is 2.94. The van der Waals surface area contributed by atoms with Crippen LogP contribution in [-0.2, 0) is 17.6 Å². The number of rotatable bonds is 9. The lowest BCUT2D eigenvalue weighted by Crippen LogP contribution is -2.29. The Morgan fingerprint density at radius 3 is 2.64 bits per heavy atom. The third kappa shape index (κ3) is 4.62. The largest absolute Gasteiger partial charge is 0.493 e. The third-order valence-corrected chi connectivity index (χ3v) is 5.90. The predicted octanol–water partition coefficient (Wildman–Crippen LogP) is 5.38. The first kappa shape index (κ1) is 20.1. The molecule has 1 atom stereocenters. The molecule has 0 aliphatic carbocycles. The van der Waals surface area contributed by atoms with Crippen molar-refractivity contribution in [1.82, 2.24) is 4.98 Å². The average molecular weight is 400 g/mol. The minimum absolute atomic E-state index is 0.498. The molecule has 3 aromatic rings. The van der Waals surface area contributed by atoms with Crippen molar-refractivity contribution in [2.75, 3.05) is 6.61 Å². The van der Waals surface area contributed by atoms with E-state index in [0.717, 1.165) is 27.6 Å². The van der Waals surface area contributed by atoms with Crippen LogP contribution in [0.3, 0.4) is 0 Å². The Morgan fingerprint density at radius 1 is 1.29 bits per heavy atom. The summed E-state index contributed by atoms with van der Waals surface area (Å²) in [6.07, 6.45) is 1.75. The maximum absolute atomic E-state index is 11.5. The highest BCUT2D eigenvalue weighted by atomic mass is 32.1. The van der Waals surface area contributed by atoms with Crippen LogP contribution in [0.2, 0.25) is 0 Å². The van der Waals surface area contributed by atoms with E-state index in [4.69, 9.17) is 9.15 Å². The molecule has 1 N–H and O–H groups in total. The molecule has 2 aromatic heterocycles. The smallest absolute Gasteiger partial charge is 0.309 e. The van der Waals surface area contributed by atoms with Gasteiger partial charge in [-0.2, -0.15) is 0 Å². The van der Waals surface area contributed by atoms with Gasteiger partial charge in [-0.25, -0.2) is 4.98 Å². The van der Waals surface area contributed by atoms with Crippen molar-refractivity contribution < 1.29 is 19.1 Å². The topological polar surface area (TPSA) is 72.6 Å². The van der Waals surface area contributed by atoms with Gasteiger partial charge in [0.2, 0.25) is 5.89 Å². The Labute approximate surface area is 169 Å². The van der Waals surface area contributed by atoms with Crippen LogP contribution >= 0.6 is 11.3 Å². The van der Waals surface area contributed by atoms with Crippen LogP contribution in [0.15, 0.2) is 46.2 Å². The lowest BCUT2D eigenvalue weighted by molar-refractivity contribution is -0.148. The highest BCUT2D eigenvalue weighted by molar-refractivity contribution is 7.13. The zero-order valence-corrected chi connectivity index (χ0v) is 17.2. The Morgan fingerprint density at radius 2 is 2.04 bits per heavy atom. The Bertz CT molecular complexity index is 915.